The second kappa shape index (κ2) is 10.2. The van der Waals surface area contributed by atoms with Crippen LogP contribution in [-0.4, -0.2) is 31.0 Å². The summed E-state index contributed by atoms with van der Waals surface area (Å²) in [6, 6.07) is 0. The number of nitrogens with zero attached hydrogens (tertiary/aromatic N) is 1. The lowest BCUT2D eigenvalue weighted by Gasteiger charge is -2.14. The van der Waals surface area contributed by atoms with Gasteiger partial charge in [0.1, 0.15) is 0 Å². The van der Waals surface area contributed by atoms with E-state index >= 15 is 0 Å². The second-order valence-electron chi connectivity index (χ2n) is 5.49. The summed E-state index contributed by atoms with van der Waals surface area (Å²) in [5, 5.41) is 10.1. The van der Waals surface area contributed by atoms with E-state index in [0.29, 0.717) is 12.3 Å². The normalized spacial score (nSPS) is 10.7. The fourth-order valence-electron chi connectivity index (χ4n) is 2.50. The highest BCUT2D eigenvalue weighted by atomic mass is 19.1. The van der Waals surface area contributed by atoms with E-state index in [1.807, 2.05) is 6.92 Å². The average Bonchev–Trinajstić information content (AvgIpc) is 2.53. The van der Waals surface area contributed by atoms with Gasteiger partial charge in [0.2, 0.25) is 5.75 Å². The molecule has 0 unspecified atom stereocenters. The first-order chi connectivity index (χ1) is 10.7. The molecule has 0 aliphatic carbocycles. The van der Waals surface area contributed by atoms with Crippen LogP contribution in [0.5, 0.6) is 17.4 Å². The molecule has 0 amide bonds. The standard InChI is InChI=1S/C17H28FNO3/c1-13-14(11-9-7-5-4-6-8-10-12-18)19-17(22-3)16(21-2)15(13)20/h4-12H2,1-3H3,(H,19,20). The van der Waals surface area contributed by atoms with Crippen molar-refractivity contribution < 1.29 is 19.0 Å². The van der Waals surface area contributed by atoms with Gasteiger partial charge >= 0.3 is 0 Å². The van der Waals surface area contributed by atoms with Crippen LogP contribution in [0.1, 0.15) is 56.2 Å². The molecule has 0 bridgehead atoms. The van der Waals surface area contributed by atoms with Crippen LogP contribution in [0.15, 0.2) is 0 Å². The van der Waals surface area contributed by atoms with Gasteiger partial charge in [-0.25, -0.2) is 4.98 Å². The molecule has 1 N–H and O–H groups in total. The van der Waals surface area contributed by atoms with E-state index in [-0.39, 0.29) is 18.2 Å². The summed E-state index contributed by atoms with van der Waals surface area (Å²) in [5.74, 6) is 0.721. The first kappa shape index (κ1) is 18.5. The summed E-state index contributed by atoms with van der Waals surface area (Å²) in [5.41, 5.74) is 1.60. The SMILES string of the molecule is COc1nc(CCCCCCCCCF)c(C)c(O)c1OC. The molecule has 4 nitrogen and oxygen atoms in total. The topological polar surface area (TPSA) is 51.6 Å². The smallest absolute Gasteiger partial charge is 0.261 e. The highest BCUT2D eigenvalue weighted by Crippen LogP contribution is 2.38. The van der Waals surface area contributed by atoms with E-state index in [9.17, 15) is 9.50 Å². The molecule has 1 heterocycles. The Kier molecular flexibility index (Phi) is 8.63. The molecule has 1 aromatic rings. The zero-order valence-corrected chi connectivity index (χ0v) is 14.0. The number of rotatable bonds is 11. The van der Waals surface area contributed by atoms with Crippen LogP contribution in [0.3, 0.4) is 0 Å². The van der Waals surface area contributed by atoms with Gasteiger partial charge in [-0.05, 0) is 26.2 Å². The fraction of sp³-hybridized carbons (Fsp3) is 0.706. The first-order valence-corrected chi connectivity index (χ1v) is 8.02. The highest BCUT2D eigenvalue weighted by Gasteiger charge is 2.17. The summed E-state index contributed by atoms with van der Waals surface area (Å²) in [4.78, 5) is 4.43. The van der Waals surface area contributed by atoms with Gasteiger partial charge in [0.05, 0.1) is 26.6 Å². The molecule has 0 atom stereocenters. The molecule has 5 heteroatoms. The third-order valence-electron chi connectivity index (χ3n) is 3.88. The molecule has 0 saturated heterocycles. The molecule has 0 aliphatic rings. The third-order valence-corrected chi connectivity index (χ3v) is 3.88. The lowest BCUT2D eigenvalue weighted by Crippen LogP contribution is -2.01. The summed E-state index contributed by atoms with van der Waals surface area (Å²) >= 11 is 0. The number of aromatic hydroxyl groups is 1. The van der Waals surface area contributed by atoms with Crippen molar-refractivity contribution in [3.63, 3.8) is 0 Å². The van der Waals surface area contributed by atoms with Gasteiger partial charge in [-0.15, -0.1) is 0 Å². The molecule has 1 aromatic heterocycles. The number of ether oxygens (including phenoxy) is 2. The highest BCUT2D eigenvalue weighted by molar-refractivity contribution is 5.52. The molecule has 0 saturated carbocycles. The summed E-state index contributed by atoms with van der Waals surface area (Å²) in [7, 11) is 3.00. The number of hydrogen-bond donors (Lipinski definition) is 1. The average molecular weight is 313 g/mol. The number of aromatic nitrogens is 1. The summed E-state index contributed by atoms with van der Waals surface area (Å²) in [6.45, 7) is 1.64. The van der Waals surface area contributed by atoms with Gasteiger partial charge in [0.15, 0.2) is 5.75 Å². The van der Waals surface area contributed by atoms with Gasteiger partial charge < -0.3 is 14.6 Å². The van der Waals surface area contributed by atoms with Crippen molar-refractivity contribution in [2.24, 2.45) is 0 Å². The Bertz CT molecular complexity index is 452. The number of methoxy groups -OCH3 is 2. The Morgan fingerprint density at radius 3 is 2.09 bits per heavy atom. The number of alkyl halides is 1. The van der Waals surface area contributed by atoms with Crippen LogP contribution in [0, 0.1) is 6.92 Å². The van der Waals surface area contributed by atoms with E-state index in [1.165, 1.54) is 14.2 Å². The lowest BCUT2D eigenvalue weighted by molar-refractivity contribution is 0.320. The molecule has 0 spiro atoms. The Morgan fingerprint density at radius 1 is 0.955 bits per heavy atom. The van der Waals surface area contributed by atoms with Crippen molar-refractivity contribution in [1.29, 1.82) is 0 Å². The van der Waals surface area contributed by atoms with Crippen LogP contribution < -0.4 is 9.47 Å². The number of hydrogen-bond acceptors (Lipinski definition) is 4. The van der Waals surface area contributed by atoms with Crippen molar-refractivity contribution in [3.05, 3.63) is 11.3 Å². The fourth-order valence-corrected chi connectivity index (χ4v) is 2.50. The van der Waals surface area contributed by atoms with Crippen LogP contribution in [0.4, 0.5) is 4.39 Å². The van der Waals surface area contributed by atoms with E-state index in [2.05, 4.69) is 4.98 Å². The van der Waals surface area contributed by atoms with Gasteiger partial charge in [-0.1, -0.05) is 32.1 Å². The first-order valence-electron chi connectivity index (χ1n) is 8.02. The minimum absolute atomic E-state index is 0.107. The molecule has 0 radical (unpaired) electrons. The van der Waals surface area contributed by atoms with E-state index < -0.39 is 0 Å². The van der Waals surface area contributed by atoms with Gasteiger partial charge in [-0.2, -0.15) is 0 Å². The Morgan fingerprint density at radius 2 is 1.55 bits per heavy atom. The maximum Gasteiger partial charge on any atom is 0.261 e. The summed E-state index contributed by atoms with van der Waals surface area (Å²) in [6.07, 6.45) is 8.04. The molecule has 1 rings (SSSR count). The predicted molar refractivity (Wildman–Crippen MR) is 85.7 cm³/mol. The summed E-state index contributed by atoms with van der Waals surface area (Å²) < 4.78 is 22.2. The number of unbranched alkanes of at least 4 members (excludes halogenated alkanes) is 6. The van der Waals surface area contributed by atoms with E-state index in [1.54, 1.807) is 0 Å². The van der Waals surface area contributed by atoms with Gasteiger partial charge in [-0.3, -0.25) is 4.39 Å². The van der Waals surface area contributed by atoms with Crippen molar-refractivity contribution in [2.45, 2.75) is 58.3 Å². The van der Waals surface area contributed by atoms with Crippen LogP contribution >= 0.6 is 0 Å². The molecule has 0 aromatic carbocycles. The van der Waals surface area contributed by atoms with Crippen molar-refractivity contribution in [3.8, 4) is 17.4 Å². The van der Waals surface area contributed by atoms with E-state index in [0.717, 1.165) is 56.2 Å². The van der Waals surface area contributed by atoms with Gasteiger partial charge in [0.25, 0.3) is 5.88 Å². The molecular weight excluding hydrogens is 285 g/mol. The lowest BCUT2D eigenvalue weighted by atomic mass is 10.0. The maximum atomic E-state index is 12.0. The van der Waals surface area contributed by atoms with Crippen LogP contribution in [0.25, 0.3) is 0 Å². The van der Waals surface area contributed by atoms with Crippen molar-refractivity contribution in [1.82, 2.24) is 4.98 Å². The maximum absolute atomic E-state index is 12.0. The van der Waals surface area contributed by atoms with Crippen molar-refractivity contribution >= 4 is 0 Å². The van der Waals surface area contributed by atoms with Crippen LogP contribution in [-0.2, 0) is 6.42 Å². The largest absolute Gasteiger partial charge is 0.504 e. The third kappa shape index (κ3) is 5.35. The van der Waals surface area contributed by atoms with Gasteiger partial charge in [0, 0.05) is 5.56 Å². The minimum Gasteiger partial charge on any atom is -0.504 e. The second-order valence-corrected chi connectivity index (χ2v) is 5.49. The van der Waals surface area contributed by atoms with Crippen molar-refractivity contribution in [2.75, 3.05) is 20.9 Å². The zero-order valence-electron chi connectivity index (χ0n) is 14.0. The molecule has 22 heavy (non-hydrogen) atoms. The Labute approximate surface area is 132 Å². The number of pyridine rings is 1. The Hall–Kier alpha value is -1.52. The molecule has 126 valence electrons. The molecule has 0 aliphatic heterocycles. The number of aryl methyl sites for hydroxylation is 1. The predicted octanol–water partition coefficient (Wildman–Crippen LogP) is 4.36. The molecule has 0 fully saturated rings. The molecular formula is C17H28FNO3. The quantitative estimate of drug-likeness (QED) is 0.617. The number of halogens is 1. The Balaban J connectivity index is 2.44. The monoisotopic (exact) mass is 313 g/mol. The minimum atomic E-state index is -0.201. The van der Waals surface area contributed by atoms with Crippen LogP contribution in [0.2, 0.25) is 0 Å². The van der Waals surface area contributed by atoms with E-state index in [4.69, 9.17) is 9.47 Å². The zero-order chi connectivity index (χ0) is 16.4.